The number of benzene rings is 2. The Morgan fingerprint density at radius 3 is 2.45 bits per heavy atom. The molecular formula is C15H11BrF2O2. The lowest BCUT2D eigenvalue weighted by Crippen LogP contribution is -2.15. The zero-order valence-electron chi connectivity index (χ0n) is 10.3. The lowest BCUT2D eigenvalue weighted by Gasteiger charge is -2.14. The second kappa shape index (κ2) is 6.13. The van der Waals surface area contributed by atoms with E-state index in [1.807, 2.05) is 0 Å². The number of hydrogen-bond donors (Lipinski definition) is 1. The van der Waals surface area contributed by atoms with Crippen LogP contribution in [0.4, 0.5) is 8.78 Å². The molecule has 2 rings (SSSR count). The highest BCUT2D eigenvalue weighted by Gasteiger charge is 2.21. The van der Waals surface area contributed by atoms with Crippen molar-refractivity contribution in [3.8, 4) is 0 Å². The maximum atomic E-state index is 13.2. The van der Waals surface area contributed by atoms with E-state index in [2.05, 4.69) is 15.9 Å². The van der Waals surface area contributed by atoms with Gasteiger partial charge in [0, 0.05) is 4.47 Å². The van der Waals surface area contributed by atoms with Crippen LogP contribution in [-0.4, -0.2) is 11.1 Å². The van der Waals surface area contributed by atoms with Gasteiger partial charge >= 0.3 is 5.97 Å². The van der Waals surface area contributed by atoms with Gasteiger partial charge in [0.15, 0.2) is 0 Å². The molecule has 104 valence electrons. The van der Waals surface area contributed by atoms with E-state index in [0.717, 1.165) is 0 Å². The van der Waals surface area contributed by atoms with Crippen molar-refractivity contribution in [2.45, 2.75) is 12.3 Å². The van der Waals surface area contributed by atoms with Crippen LogP contribution in [0.15, 0.2) is 46.9 Å². The maximum absolute atomic E-state index is 13.2. The summed E-state index contributed by atoms with van der Waals surface area (Å²) in [6.07, 6.45) is 0.152. The van der Waals surface area contributed by atoms with Gasteiger partial charge in [-0.3, -0.25) is 4.79 Å². The molecule has 0 radical (unpaired) electrons. The van der Waals surface area contributed by atoms with Gasteiger partial charge in [0.25, 0.3) is 0 Å². The van der Waals surface area contributed by atoms with Crippen molar-refractivity contribution in [1.82, 2.24) is 0 Å². The predicted molar refractivity (Wildman–Crippen MR) is 74.6 cm³/mol. The van der Waals surface area contributed by atoms with Gasteiger partial charge in [-0.05, 0) is 41.8 Å². The van der Waals surface area contributed by atoms with Crippen molar-refractivity contribution in [2.75, 3.05) is 0 Å². The number of halogens is 3. The largest absolute Gasteiger partial charge is 0.481 e. The molecule has 0 amide bonds. The first kappa shape index (κ1) is 14.7. The van der Waals surface area contributed by atoms with E-state index in [4.69, 9.17) is 0 Å². The van der Waals surface area contributed by atoms with Crippen molar-refractivity contribution in [2.24, 2.45) is 0 Å². The predicted octanol–water partition coefficient (Wildman–Crippen LogP) is 4.14. The molecule has 0 heterocycles. The van der Waals surface area contributed by atoms with Gasteiger partial charge in [-0.15, -0.1) is 0 Å². The van der Waals surface area contributed by atoms with Crippen LogP contribution in [-0.2, 0) is 11.2 Å². The Labute approximate surface area is 123 Å². The third-order valence-corrected chi connectivity index (χ3v) is 3.73. The molecule has 0 aliphatic heterocycles. The Bertz CT molecular complexity index is 644. The third-order valence-electron chi connectivity index (χ3n) is 2.99. The van der Waals surface area contributed by atoms with Gasteiger partial charge in [-0.25, -0.2) is 8.78 Å². The molecule has 0 aromatic heterocycles. The molecule has 1 N–H and O–H groups in total. The molecule has 0 aliphatic carbocycles. The standard InChI is InChI=1S/C15H11BrF2O2/c16-14-8-12(18)5-4-10(14)7-13(15(19)20)9-2-1-3-11(17)6-9/h1-6,8,13H,7H2,(H,19,20). The number of carbonyl (C=O) groups is 1. The van der Waals surface area contributed by atoms with E-state index >= 15 is 0 Å². The van der Waals surface area contributed by atoms with Crippen LogP contribution in [0.3, 0.4) is 0 Å². The minimum absolute atomic E-state index is 0.152. The smallest absolute Gasteiger partial charge is 0.311 e. The van der Waals surface area contributed by atoms with Gasteiger partial charge < -0.3 is 5.11 Å². The summed E-state index contributed by atoms with van der Waals surface area (Å²) in [6.45, 7) is 0. The summed E-state index contributed by atoms with van der Waals surface area (Å²) in [5.74, 6) is -2.82. The molecule has 0 bridgehead atoms. The van der Waals surface area contributed by atoms with Crippen molar-refractivity contribution in [3.05, 3.63) is 69.7 Å². The minimum Gasteiger partial charge on any atom is -0.481 e. The normalized spacial score (nSPS) is 12.2. The molecule has 1 unspecified atom stereocenters. The molecule has 0 aliphatic rings. The van der Waals surface area contributed by atoms with E-state index in [-0.39, 0.29) is 6.42 Å². The summed E-state index contributed by atoms with van der Waals surface area (Å²) in [7, 11) is 0. The number of hydrogen-bond acceptors (Lipinski definition) is 1. The fourth-order valence-corrected chi connectivity index (χ4v) is 2.49. The second-order valence-electron chi connectivity index (χ2n) is 4.39. The van der Waals surface area contributed by atoms with Gasteiger partial charge in [-0.1, -0.05) is 34.1 Å². The molecule has 0 saturated carbocycles. The highest BCUT2D eigenvalue weighted by atomic mass is 79.9. The first-order chi connectivity index (χ1) is 9.47. The van der Waals surface area contributed by atoms with E-state index < -0.39 is 23.5 Å². The molecular weight excluding hydrogens is 330 g/mol. The highest BCUT2D eigenvalue weighted by molar-refractivity contribution is 9.10. The van der Waals surface area contributed by atoms with Crippen LogP contribution in [0.25, 0.3) is 0 Å². The van der Waals surface area contributed by atoms with Crippen molar-refractivity contribution < 1.29 is 18.7 Å². The van der Waals surface area contributed by atoms with Gasteiger partial charge in [0.1, 0.15) is 11.6 Å². The third kappa shape index (κ3) is 3.42. The Hall–Kier alpha value is -1.75. The first-order valence-electron chi connectivity index (χ1n) is 5.89. The summed E-state index contributed by atoms with van der Waals surface area (Å²) >= 11 is 3.20. The minimum atomic E-state index is -1.05. The lowest BCUT2D eigenvalue weighted by molar-refractivity contribution is -0.138. The van der Waals surface area contributed by atoms with Gasteiger partial charge in [-0.2, -0.15) is 0 Å². The summed E-state index contributed by atoms with van der Waals surface area (Å²) in [4.78, 5) is 11.4. The monoisotopic (exact) mass is 340 g/mol. The van der Waals surface area contributed by atoms with Crippen LogP contribution < -0.4 is 0 Å². The van der Waals surface area contributed by atoms with Crippen LogP contribution in [0.1, 0.15) is 17.0 Å². The molecule has 20 heavy (non-hydrogen) atoms. The van der Waals surface area contributed by atoms with Crippen LogP contribution >= 0.6 is 15.9 Å². The number of carboxylic acids is 1. The maximum Gasteiger partial charge on any atom is 0.311 e. The fraction of sp³-hybridized carbons (Fsp3) is 0.133. The summed E-state index contributed by atoms with van der Waals surface area (Å²) in [5.41, 5.74) is 1.04. The Balaban J connectivity index is 2.33. The van der Waals surface area contributed by atoms with E-state index in [1.54, 1.807) is 6.07 Å². The van der Waals surface area contributed by atoms with E-state index in [0.29, 0.717) is 15.6 Å². The summed E-state index contributed by atoms with van der Waals surface area (Å²) in [5, 5.41) is 9.31. The molecule has 1 atom stereocenters. The molecule has 0 saturated heterocycles. The van der Waals surface area contributed by atoms with Crippen LogP contribution in [0, 0.1) is 11.6 Å². The zero-order chi connectivity index (χ0) is 14.7. The molecule has 2 nitrogen and oxygen atoms in total. The molecule has 2 aromatic carbocycles. The molecule has 2 aromatic rings. The SMILES string of the molecule is O=C(O)C(Cc1ccc(F)cc1Br)c1cccc(F)c1. The molecule has 5 heteroatoms. The van der Waals surface area contributed by atoms with Crippen LogP contribution in [0.2, 0.25) is 0 Å². The highest BCUT2D eigenvalue weighted by Crippen LogP contribution is 2.27. The average Bonchev–Trinajstić information content (AvgIpc) is 2.37. The van der Waals surface area contributed by atoms with Crippen molar-refractivity contribution in [1.29, 1.82) is 0 Å². The van der Waals surface area contributed by atoms with E-state index in [1.165, 1.54) is 36.4 Å². The zero-order valence-corrected chi connectivity index (χ0v) is 11.9. The molecule has 0 spiro atoms. The summed E-state index contributed by atoms with van der Waals surface area (Å²) < 4.78 is 26.7. The molecule has 0 fully saturated rings. The topological polar surface area (TPSA) is 37.3 Å². The lowest BCUT2D eigenvalue weighted by atomic mass is 9.92. The van der Waals surface area contributed by atoms with E-state index in [9.17, 15) is 18.7 Å². The second-order valence-corrected chi connectivity index (χ2v) is 5.24. The number of rotatable bonds is 4. The average molecular weight is 341 g/mol. The summed E-state index contributed by atoms with van der Waals surface area (Å²) in [6, 6.07) is 9.57. The van der Waals surface area contributed by atoms with Gasteiger partial charge in [0.05, 0.1) is 5.92 Å². The van der Waals surface area contributed by atoms with Crippen molar-refractivity contribution in [3.63, 3.8) is 0 Å². The van der Waals surface area contributed by atoms with Gasteiger partial charge in [0.2, 0.25) is 0 Å². The number of carboxylic acid groups (broad SMARTS) is 1. The van der Waals surface area contributed by atoms with Crippen LogP contribution in [0.5, 0.6) is 0 Å². The quantitative estimate of drug-likeness (QED) is 0.908. The Kier molecular flexibility index (Phi) is 4.49. The number of aliphatic carboxylic acids is 1. The Morgan fingerprint density at radius 1 is 1.15 bits per heavy atom. The fourth-order valence-electron chi connectivity index (χ4n) is 1.98. The first-order valence-corrected chi connectivity index (χ1v) is 6.69. The van der Waals surface area contributed by atoms with Crippen molar-refractivity contribution >= 4 is 21.9 Å². The Morgan fingerprint density at radius 2 is 1.85 bits per heavy atom.